The van der Waals surface area contributed by atoms with Gasteiger partial charge in [0.15, 0.2) is 5.84 Å². The molecule has 2 aromatic rings. The number of rotatable bonds is 6. The molecular weight excluding hydrogens is 270 g/mol. The standard InChI is InChI=1S/C14H17N5O2/c15-13(18-21)11-4-1-5-12(10-11)14(20)16-6-2-8-19-9-3-7-17-19/h1,3-5,7,9-10,21H,2,6,8H2,(H2,15,18)(H,16,20). The second-order valence-electron chi connectivity index (χ2n) is 4.44. The third-order valence-electron chi connectivity index (χ3n) is 2.94. The third-order valence-corrected chi connectivity index (χ3v) is 2.94. The Morgan fingerprint density at radius 1 is 1.38 bits per heavy atom. The van der Waals surface area contributed by atoms with E-state index in [0.29, 0.717) is 17.7 Å². The minimum Gasteiger partial charge on any atom is -0.409 e. The fraction of sp³-hybridized carbons (Fsp3) is 0.214. The highest BCUT2D eigenvalue weighted by Crippen LogP contribution is 2.05. The van der Waals surface area contributed by atoms with Gasteiger partial charge in [0.05, 0.1) is 0 Å². The van der Waals surface area contributed by atoms with Crippen LogP contribution in [0.3, 0.4) is 0 Å². The monoisotopic (exact) mass is 287 g/mol. The van der Waals surface area contributed by atoms with Gasteiger partial charge < -0.3 is 16.3 Å². The van der Waals surface area contributed by atoms with E-state index >= 15 is 0 Å². The molecule has 1 amide bonds. The topological polar surface area (TPSA) is 106 Å². The SMILES string of the molecule is N/C(=N/O)c1cccc(C(=O)NCCCn2cccn2)c1. The predicted molar refractivity (Wildman–Crippen MR) is 78.1 cm³/mol. The normalized spacial score (nSPS) is 11.3. The van der Waals surface area contributed by atoms with Crippen LogP contribution in [0, 0.1) is 0 Å². The number of amidine groups is 1. The lowest BCUT2D eigenvalue weighted by atomic mass is 10.1. The number of carbonyl (C=O) groups excluding carboxylic acids is 1. The number of nitrogens with one attached hydrogen (secondary N) is 1. The fourth-order valence-electron chi connectivity index (χ4n) is 1.86. The summed E-state index contributed by atoms with van der Waals surface area (Å²) in [5, 5.41) is 18.5. The minimum atomic E-state index is -0.192. The summed E-state index contributed by atoms with van der Waals surface area (Å²) in [4.78, 5) is 12.0. The molecule has 0 fully saturated rings. The van der Waals surface area contributed by atoms with Crippen molar-refractivity contribution in [1.29, 1.82) is 0 Å². The molecule has 7 nitrogen and oxygen atoms in total. The van der Waals surface area contributed by atoms with Crippen LogP contribution in [-0.2, 0) is 6.54 Å². The Bertz CT molecular complexity index is 622. The molecule has 2 rings (SSSR count). The molecule has 0 bridgehead atoms. The fourth-order valence-corrected chi connectivity index (χ4v) is 1.86. The summed E-state index contributed by atoms with van der Waals surface area (Å²) in [5.41, 5.74) is 6.47. The van der Waals surface area contributed by atoms with Crippen LogP contribution in [0.1, 0.15) is 22.3 Å². The van der Waals surface area contributed by atoms with Crippen LogP contribution in [0.25, 0.3) is 0 Å². The zero-order chi connectivity index (χ0) is 15.1. The number of hydrogen-bond donors (Lipinski definition) is 3. The van der Waals surface area contributed by atoms with Crippen LogP contribution in [0.5, 0.6) is 0 Å². The molecular formula is C14H17N5O2. The van der Waals surface area contributed by atoms with E-state index in [1.165, 1.54) is 0 Å². The average molecular weight is 287 g/mol. The third kappa shape index (κ3) is 4.07. The molecule has 0 radical (unpaired) electrons. The van der Waals surface area contributed by atoms with Gasteiger partial charge in [-0.15, -0.1) is 0 Å². The van der Waals surface area contributed by atoms with Gasteiger partial charge in [-0.05, 0) is 24.6 Å². The van der Waals surface area contributed by atoms with Crippen molar-refractivity contribution in [2.24, 2.45) is 10.9 Å². The van der Waals surface area contributed by atoms with Gasteiger partial charge in [0.2, 0.25) is 0 Å². The van der Waals surface area contributed by atoms with E-state index in [1.807, 2.05) is 16.9 Å². The van der Waals surface area contributed by atoms with Crippen molar-refractivity contribution in [2.75, 3.05) is 6.54 Å². The van der Waals surface area contributed by atoms with Gasteiger partial charge in [-0.25, -0.2) is 0 Å². The number of benzene rings is 1. The van der Waals surface area contributed by atoms with Crippen LogP contribution in [0.2, 0.25) is 0 Å². The maximum absolute atomic E-state index is 12.0. The highest BCUT2D eigenvalue weighted by molar-refractivity contribution is 6.01. The molecule has 110 valence electrons. The Balaban J connectivity index is 1.85. The first-order valence-corrected chi connectivity index (χ1v) is 6.54. The number of carbonyl (C=O) groups is 1. The number of nitrogens with two attached hydrogens (primary N) is 1. The first-order chi connectivity index (χ1) is 10.2. The molecule has 0 spiro atoms. The van der Waals surface area contributed by atoms with E-state index < -0.39 is 0 Å². The number of oxime groups is 1. The Labute approximate surface area is 122 Å². The quantitative estimate of drug-likeness (QED) is 0.240. The van der Waals surface area contributed by atoms with Gasteiger partial charge in [0.1, 0.15) is 0 Å². The maximum Gasteiger partial charge on any atom is 0.251 e. The van der Waals surface area contributed by atoms with Gasteiger partial charge in [-0.3, -0.25) is 9.48 Å². The largest absolute Gasteiger partial charge is 0.409 e. The first-order valence-electron chi connectivity index (χ1n) is 6.54. The molecule has 7 heteroatoms. The molecule has 1 aromatic heterocycles. The Morgan fingerprint density at radius 2 is 2.19 bits per heavy atom. The van der Waals surface area contributed by atoms with E-state index in [-0.39, 0.29) is 11.7 Å². The molecule has 0 saturated heterocycles. The minimum absolute atomic E-state index is 0.0247. The van der Waals surface area contributed by atoms with Crippen LogP contribution >= 0.6 is 0 Å². The molecule has 0 unspecified atom stereocenters. The molecule has 0 aliphatic carbocycles. The number of aryl methyl sites for hydroxylation is 1. The van der Waals surface area contributed by atoms with Crippen molar-refractivity contribution in [1.82, 2.24) is 15.1 Å². The van der Waals surface area contributed by atoms with E-state index in [0.717, 1.165) is 13.0 Å². The average Bonchev–Trinajstić information content (AvgIpc) is 3.04. The van der Waals surface area contributed by atoms with Crippen molar-refractivity contribution in [3.8, 4) is 0 Å². The number of aromatic nitrogens is 2. The molecule has 0 saturated carbocycles. The number of amides is 1. The van der Waals surface area contributed by atoms with Crippen LogP contribution < -0.4 is 11.1 Å². The molecule has 0 aliphatic heterocycles. The lowest BCUT2D eigenvalue weighted by Gasteiger charge is -2.07. The van der Waals surface area contributed by atoms with E-state index in [1.54, 1.807) is 30.5 Å². The smallest absolute Gasteiger partial charge is 0.251 e. The lowest BCUT2D eigenvalue weighted by Crippen LogP contribution is -2.25. The summed E-state index contributed by atoms with van der Waals surface area (Å²) in [5.74, 6) is -0.216. The van der Waals surface area contributed by atoms with Crippen molar-refractivity contribution >= 4 is 11.7 Å². The first kappa shape index (κ1) is 14.6. The van der Waals surface area contributed by atoms with Gasteiger partial charge in [0, 0.05) is 36.6 Å². The highest BCUT2D eigenvalue weighted by Gasteiger charge is 2.07. The van der Waals surface area contributed by atoms with Crippen molar-refractivity contribution in [2.45, 2.75) is 13.0 Å². The maximum atomic E-state index is 12.0. The van der Waals surface area contributed by atoms with Crippen LogP contribution in [0.4, 0.5) is 0 Å². The Hall–Kier alpha value is -2.83. The highest BCUT2D eigenvalue weighted by atomic mass is 16.4. The predicted octanol–water partition coefficient (Wildman–Crippen LogP) is 0.798. The molecule has 0 atom stereocenters. The summed E-state index contributed by atoms with van der Waals surface area (Å²) in [6.45, 7) is 1.30. The summed E-state index contributed by atoms with van der Waals surface area (Å²) < 4.78 is 1.81. The molecule has 0 aliphatic rings. The van der Waals surface area contributed by atoms with Crippen molar-refractivity contribution in [3.05, 3.63) is 53.9 Å². The van der Waals surface area contributed by atoms with E-state index in [4.69, 9.17) is 10.9 Å². The summed E-state index contributed by atoms with van der Waals surface area (Å²) in [6.07, 6.45) is 4.38. The molecule has 4 N–H and O–H groups in total. The number of hydrogen-bond acceptors (Lipinski definition) is 4. The van der Waals surface area contributed by atoms with Crippen molar-refractivity contribution < 1.29 is 10.0 Å². The zero-order valence-electron chi connectivity index (χ0n) is 11.4. The van der Waals surface area contributed by atoms with Crippen LogP contribution in [-0.4, -0.2) is 33.3 Å². The Morgan fingerprint density at radius 3 is 2.90 bits per heavy atom. The molecule has 21 heavy (non-hydrogen) atoms. The second kappa shape index (κ2) is 7.09. The Kier molecular flexibility index (Phi) is 4.92. The van der Waals surface area contributed by atoms with Crippen LogP contribution in [0.15, 0.2) is 47.9 Å². The lowest BCUT2D eigenvalue weighted by molar-refractivity contribution is 0.0952. The van der Waals surface area contributed by atoms with E-state index in [2.05, 4.69) is 15.6 Å². The molecule has 1 heterocycles. The zero-order valence-corrected chi connectivity index (χ0v) is 11.4. The summed E-state index contributed by atoms with van der Waals surface area (Å²) in [6, 6.07) is 8.47. The summed E-state index contributed by atoms with van der Waals surface area (Å²) in [7, 11) is 0. The molecule has 1 aromatic carbocycles. The second-order valence-corrected chi connectivity index (χ2v) is 4.44. The van der Waals surface area contributed by atoms with Gasteiger partial charge >= 0.3 is 0 Å². The van der Waals surface area contributed by atoms with Gasteiger partial charge in [-0.2, -0.15) is 5.10 Å². The van der Waals surface area contributed by atoms with Gasteiger partial charge in [0.25, 0.3) is 5.91 Å². The summed E-state index contributed by atoms with van der Waals surface area (Å²) >= 11 is 0. The van der Waals surface area contributed by atoms with Crippen molar-refractivity contribution in [3.63, 3.8) is 0 Å². The van der Waals surface area contributed by atoms with Gasteiger partial charge in [-0.1, -0.05) is 17.3 Å². The number of nitrogens with zero attached hydrogens (tertiary/aromatic N) is 3. The van der Waals surface area contributed by atoms with E-state index in [9.17, 15) is 4.79 Å².